The van der Waals surface area contributed by atoms with E-state index in [1.54, 1.807) is 6.20 Å². The summed E-state index contributed by atoms with van der Waals surface area (Å²) in [5.41, 5.74) is 1.20. The van der Waals surface area contributed by atoms with Crippen molar-refractivity contribution in [2.75, 3.05) is 45.9 Å². The molecule has 32 heavy (non-hydrogen) atoms. The number of carbonyl (C=O) groups is 2. The van der Waals surface area contributed by atoms with E-state index in [1.165, 1.54) is 5.56 Å². The number of rotatable bonds is 7. The molecule has 2 aliphatic heterocycles. The largest absolute Gasteiger partial charge is 0.493 e. The van der Waals surface area contributed by atoms with E-state index in [4.69, 9.17) is 4.74 Å². The molecule has 7 nitrogen and oxygen atoms in total. The third kappa shape index (κ3) is 6.07. The molecule has 2 aliphatic rings. The summed E-state index contributed by atoms with van der Waals surface area (Å²) in [5.74, 6) is 0.950. The van der Waals surface area contributed by atoms with E-state index >= 15 is 0 Å². The Bertz CT molecular complexity index is 869. The maximum Gasteiger partial charge on any atom is 0.227 e. The van der Waals surface area contributed by atoms with Crippen molar-refractivity contribution >= 4 is 11.8 Å². The van der Waals surface area contributed by atoms with E-state index in [-0.39, 0.29) is 17.7 Å². The Morgan fingerprint density at radius 3 is 2.53 bits per heavy atom. The molecule has 1 unspecified atom stereocenters. The highest BCUT2D eigenvalue weighted by Gasteiger charge is 2.32. The fraction of sp³-hybridized carbons (Fsp3) is 0.480. The standard InChI is InChI=1S/C25H32N4O3/c30-24(10-17-32-23-8-2-1-3-9-23)29-12-5-7-22(20-29)25(31)28-15-13-27(14-16-28)19-21-6-4-11-26-18-21/h1-4,6,8-9,11,18,22H,5,7,10,12-17,19-20H2. The molecule has 0 radical (unpaired) electrons. The highest BCUT2D eigenvalue weighted by Crippen LogP contribution is 2.21. The van der Waals surface area contributed by atoms with Gasteiger partial charge in [-0.15, -0.1) is 0 Å². The first-order chi connectivity index (χ1) is 15.7. The van der Waals surface area contributed by atoms with E-state index in [2.05, 4.69) is 16.0 Å². The SMILES string of the molecule is O=C(CCOc1ccccc1)N1CCCC(C(=O)N2CCN(Cc3cccnc3)CC2)C1. The molecule has 1 atom stereocenters. The second kappa shape index (κ2) is 11.1. The molecule has 170 valence electrons. The number of hydrogen-bond acceptors (Lipinski definition) is 5. The molecule has 2 amide bonds. The molecule has 0 aliphatic carbocycles. The summed E-state index contributed by atoms with van der Waals surface area (Å²) in [5, 5.41) is 0. The lowest BCUT2D eigenvalue weighted by atomic mass is 9.96. The number of ether oxygens (including phenoxy) is 1. The monoisotopic (exact) mass is 436 g/mol. The number of benzene rings is 1. The van der Waals surface area contributed by atoms with Crippen LogP contribution in [-0.2, 0) is 16.1 Å². The van der Waals surface area contributed by atoms with Gasteiger partial charge in [-0.1, -0.05) is 24.3 Å². The van der Waals surface area contributed by atoms with E-state index < -0.39 is 0 Å². The van der Waals surface area contributed by atoms with Crippen molar-refractivity contribution in [1.29, 1.82) is 0 Å². The van der Waals surface area contributed by atoms with Crippen molar-refractivity contribution < 1.29 is 14.3 Å². The van der Waals surface area contributed by atoms with Crippen molar-refractivity contribution in [3.8, 4) is 5.75 Å². The smallest absolute Gasteiger partial charge is 0.227 e. The molecule has 1 aromatic carbocycles. The second-order valence-corrected chi connectivity index (χ2v) is 8.55. The number of pyridine rings is 1. The average Bonchev–Trinajstić information content (AvgIpc) is 2.85. The summed E-state index contributed by atoms with van der Waals surface area (Å²) in [7, 11) is 0. The minimum absolute atomic E-state index is 0.0692. The lowest BCUT2D eigenvalue weighted by Crippen LogP contribution is -2.52. The number of aromatic nitrogens is 1. The minimum Gasteiger partial charge on any atom is -0.493 e. The molecule has 0 bridgehead atoms. The van der Waals surface area contributed by atoms with Crippen LogP contribution in [0.2, 0.25) is 0 Å². The first-order valence-corrected chi connectivity index (χ1v) is 11.5. The molecule has 1 aromatic heterocycles. The molecule has 4 rings (SSSR count). The lowest BCUT2D eigenvalue weighted by Gasteiger charge is -2.39. The van der Waals surface area contributed by atoms with Crippen molar-refractivity contribution in [3.05, 3.63) is 60.4 Å². The minimum atomic E-state index is -0.0902. The Labute approximate surface area is 190 Å². The van der Waals surface area contributed by atoms with Gasteiger partial charge in [-0.2, -0.15) is 0 Å². The number of piperidine rings is 1. The summed E-state index contributed by atoms with van der Waals surface area (Å²) >= 11 is 0. The molecule has 3 heterocycles. The third-order valence-electron chi connectivity index (χ3n) is 6.26. The number of carbonyl (C=O) groups excluding carboxylic acids is 2. The Morgan fingerprint density at radius 2 is 1.78 bits per heavy atom. The number of likely N-dealkylation sites (tertiary alicyclic amines) is 1. The van der Waals surface area contributed by atoms with E-state index in [0.29, 0.717) is 19.6 Å². The van der Waals surface area contributed by atoms with Gasteiger partial charge in [0, 0.05) is 58.2 Å². The Balaban J connectivity index is 1.20. The van der Waals surface area contributed by atoms with Crippen LogP contribution in [0, 0.1) is 5.92 Å². The van der Waals surface area contributed by atoms with E-state index in [9.17, 15) is 9.59 Å². The maximum atomic E-state index is 13.1. The van der Waals surface area contributed by atoms with Gasteiger partial charge < -0.3 is 14.5 Å². The third-order valence-corrected chi connectivity index (χ3v) is 6.26. The number of para-hydroxylation sites is 1. The van der Waals surface area contributed by atoms with Crippen LogP contribution in [0.15, 0.2) is 54.9 Å². The quantitative estimate of drug-likeness (QED) is 0.667. The van der Waals surface area contributed by atoms with E-state index in [0.717, 1.165) is 57.9 Å². The van der Waals surface area contributed by atoms with Gasteiger partial charge in [-0.25, -0.2) is 0 Å². The molecule has 7 heteroatoms. The van der Waals surface area contributed by atoms with Crippen molar-refractivity contribution in [2.45, 2.75) is 25.8 Å². The fourth-order valence-electron chi connectivity index (χ4n) is 4.47. The average molecular weight is 437 g/mol. The molecule has 0 spiro atoms. The number of hydrogen-bond donors (Lipinski definition) is 0. The zero-order valence-electron chi connectivity index (χ0n) is 18.6. The summed E-state index contributed by atoms with van der Waals surface area (Å²) in [4.78, 5) is 36.2. The topological polar surface area (TPSA) is 66.0 Å². The zero-order valence-corrected chi connectivity index (χ0v) is 18.6. The van der Waals surface area contributed by atoms with Gasteiger partial charge in [0.2, 0.25) is 11.8 Å². The Morgan fingerprint density at radius 1 is 0.969 bits per heavy atom. The second-order valence-electron chi connectivity index (χ2n) is 8.55. The maximum absolute atomic E-state index is 13.1. The van der Waals surface area contributed by atoms with Gasteiger partial charge in [0.25, 0.3) is 0 Å². The van der Waals surface area contributed by atoms with Crippen LogP contribution in [0.5, 0.6) is 5.75 Å². The first kappa shape index (κ1) is 22.3. The normalized spacial score (nSPS) is 19.6. The summed E-state index contributed by atoms with van der Waals surface area (Å²) in [6, 6.07) is 13.6. The van der Waals surface area contributed by atoms with Crippen LogP contribution < -0.4 is 4.74 Å². The Hall–Kier alpha value is -2.93. The van der Waals surface area contributed by atoms with Gasteiger partial charge in [0.1, 0.15) is 5.75 Å². The molecule has 0 saturated carbocycles. The van der Waals surface area contributed by atoms with Crippen molar-refractivity contribution in [2.24, 2.45) is 5.92 Å². The molecule has 2 fully saturated rings. The van der Waals surface area contributed by atoms with Crippen molar-refractivity contribution in [1.82, 2.24) is 19.7 Å². The molecule has 2 aromatic rings. The van der Waals surface area contributed by atoms with Gasteiger partial charge in [0.15, 0.2) is 0 Å². The lowest BCUT2D eigenvalue weighted by molar-refractivity contribution is -0.142. The van der Waals surface area contributed by atoms with Gasteiger partial charge in [-0.05, 0) is 36.6 Å². The molecular weight excluding hydrogens is 404 g/mol. The predicted molar refractivity (Wildman–Crippen MR) is 122 cm³/mol. The van der Waals surface area contributed by atoms with Crippen molar-refractivity contribution in [3.63, 3.8) is 0 Å². The van der Waals surface area contributed by atoms with Gasteiger partial charge in [0.05, 0.1) is 18.9 Å². The molecule has 0 N–H and O–H groups in total. The zero-order chi connectivity index (χ0) is 22.2. The summed E-state index contributed by atoms with van der Waals surface area (Å²) in [6.45, 7) is 5.71. The highest BCUT2D eigenvalue weighted by molar-refractivity contribution is 5.81. The molecular formula is C25H32N4O3. The van der Waals surface area contributed by atoms with Crippen LogP contribution in [0.4, 0.5) is 0 Å². The van der Waals surface area contributed by atoms with Crippen LogP contribution in [0.25, 0.3) is 0 Å². The number of amides is 2. The van der Waals surface area contributed by atoms with Crippen LogP contribution in [0.1, 0.15) is 24.8 Å². The predicted octanol–water partition coefficient (Wildman–Crippen LogP) is 2.43. The first-order valence-electron chi connectivity index (χ1n) is 11.5. The van der Waals surface area contributed by atoms with Crippen LogP contribution in [0.3, 0.4) is 0 Å². The summed E-state index contributed by atoms with van der Waals surface area (Å²) < 4.78 is 5.66. The van der Waals surface area contributed by atoms with Gasteiger partial charge in [-0.3, -0.25) is 19.5 Å². The van der Waals surface area contributed by atoms with Crippen LogP contribution >= 0.6 is 0 Å². The summed E-state index contributed by atoms with van der Waals surface area (Å²) in [6.07, 6.45) is 5.76. The van der Waals surface area contributed by atoms with E-state index in [1.807, 2.05) is 52.4 Å². The Kier molecular flexibility index (Phi) is 7.72. The number of piperazine rings is 1. The highest BCUT2D eigenvalue weighted by atomic mass is 16.5. The fourth-order valence-corrected chi connectivity index (χ4v) is 4.47. The number of nitrogens with zero attached hydrogens (tertiary/aromatic N) is 4. The van der Waals surface area contributed by atoms with Gasteiger partial charge >= 0.3 is 0 Å². The molecule has 2 saturated heterocycles. The van der Waals surface area contributed by atoms with Crippen LogP contribution in [-0.4, -0.2) is 77.4 Å².